The van der Waals surface area contributed by atoms with Crippen LogP contribution in [0.4, 0.5) is 0 Å². The van der Waals surface area contributed by atoms with Gasteiger partial charge in [0.05, 0.1) is 0 Å². The second kappa shape index (κ2) is 6.20. The molecule has 1 aliphatic rings. The molecular formula is C16H25N. The van der Waals surface area contributed by atoms with E-state index in [1.165, 1.54) is 43.2 Å². The fourth-order valence-corrected chi connectivity index (χ4v) is 3.10. The van der Waals surface area contributed by atoms with Crippen LogP contribution in [-0.2, 0) is 6.42 Å². The third-order valence-electron chi connectivity index (χ3n) is 4.18. The predicted octanol–water partition coefficient (Wildman–Crippen LogP) is 4.09. The van der Waals surface area contributed by atoms with E-state index < -0.39 is 0 Å². The normalized spacial score (nSPS) is 19.2. The van der Waals surface area contributed by atoms with E-state index in [1.807, 2.05) is 0 Å². The van der Waals surface area contributed by atoms with Crippen molar-refractivity contribution >= 4 is 0 Å². The van der Waals surface area contributed by atoms with Crippen molar-refractivity contribution in [3.63, 3.8) is 0 Å². The number of hydrogen-bond acceptors (Lipinski definition) is 1. The molecule has 0 radical (unpaired) electrons. The van der Waals surface area contributed by atoms with Crippen molar-refractivity contribution in [2.45, 2.75) is 51.5 Å². The van der Waals surface area contributed by atoms with Crippen LogP contribution in [0.3, 0.4) is 0 Å². The highest BCUT2D eigenvalue weighted by molar-refractivity contribution is 5.25. The van der Waals surface area contributed by atoms with Gasteiger partial charge in [-0.3, -0.25) is 0 Å². The molecule has 94 valence electrons. The van der Waals surface area contributed by atoms with Gasteiger partial charge in [0.15, 0.2) is 0 Å². The second-order valence-electron chi connectivity index (χ2n) is 5.26. The molecule has 1 atom stereocenters. The molecule has 1 fully saturated rings. The Balaban J connectivity index is 2.10. The van der Waals surface area contributed by atoms with Crippen molar-refractivity contribution in [2.75, 3.05) is 7.05 Å². The first kappa shape index (κ1) is 12.6. The van der Waals surface area contributed by atoms with E-state index in [1.54, 1.807) is 0 Å². The Morgan fingerprint density at radius 1 is 1.12 bits per heavy atom. The Morgan fingerprint density at radius 3 is 2.29 bits per heavy atom. The summed E-state index contributed by atoms with van der Waals surface area (Å²) in [6.45, 7) is 2.21. The zero-order chi connectivity index (χ0) is 12.1. The third-order valence-corrected chi connectivity index (χ3v) is 4.18. The first-order chi connectivity index (χ1) is 8.35. The minimum atomic E-state index is 0.557. The highest BCUT2D eigenvalue weighted by Crippen LogP contribution is 2.34. The molecule has 17 heavy (non-hydrogen) atoms. The molecule has 0 saturated heterocycles. The van der Waals surface area contributed by atoms with Crippen LogP contribution in [0.1, 0.15) is 56.2 Å². The summed E-state index contributed by atoms with van der Waals surface area (Å²) in [6, 6.07) is 9.75. The first-order valence-electron chi connectivity index (χ1n) is 7.11. The zero-order valence-corrected chi connectivity index (χ0v) is 11.2. The van der Waals surface area contributed by atoms with Gasteiger partial charge in [-0.2, -0.15) is 0 Å². The molecule has 2 rings (SSSR count). The molecule has 1 heteroatoms. The standard InChI is InChI=1S/C16H25N/c1-3-13-9-11-15(12-10-13)16(17-2)14-7-5-4-6-8-14/h9-12,14,16-17H,3-8H2,1-2H3. The van der Waals surface area contributed by atoms with E-state index in [0.717, 1.165) is 12.3 Å². The Bertz CT molecular complexity index is 322. The summed E-state index contributed by atoms with van der Waals surface area (Å²) in [6.07, 6.45) is 8.17. The Morgan fingerprint density at radius 2 is 1.76 bits per heavy atom. The summed E-state index contributed by atoms with van der Waals surface area (Å²) in [5, 5.41) is 3.53. The number of benzene rings is 1. The lowest BCUT2D eigenvalue weighted by Crippen LogP contribution is -2.26. The lowest BCUT2D eigenvalue weighted by Gasteiger charge is -2.30. The molecule has 1 aromatic rings. The molecule has 1 nitrogen and oxygen atoms in total. The molecule has 1 unspecified atom stereocenters. The van der Waals surface area contributed by atoms with Crippen molar-refractivity contribution < 1.29 is 0 Å². The maximum Gasteiger partial charge on any atom is 0.0346 e. The summed E-state index contributed by atoms with van der Waals surface area (Å²) in [5.41, 5.74) is 2.91. The number of aryl methyl sites for hydroxylation is 1. The minimum absolute atomic E-state index is 0.557. The van der Waals surface area contributed by atoms with Gasteiger partial charge in [0.1, 0.15) is 0 Å². The molecule has 0 amide bonds. The van der Waals surface area contributed by atoms with Crippen molar-refractivity contribution in [1.82, 2.24) is 5.32 Å². The molecule has 0 heterocycles. The Kier molecular flexibility index (Phi) is 4.61. The molecule has 1 aliphatic carbocycles. The van der Waals surface area contributed by atoms with Crippen molar-refractivity contribution in [2.24, 2.45) is 5.92 Å². The predicted molar refractivity (Wildman–Crippen MR) is 74.2 cm³/mol. The fraction of sp³-hybridized carbons (Fsp3) is 0.625. The van der Waals surface area contributed by atoms with Gasteiger partial charge in [0.2, 0.25) is 0 Å². The largest absolute Gasteiger partial charge is 0.313 e. The lowest BCUT2D eigenvalue weighted by molar-refractivity contribution is 0.281. The quantitative estimate of drug-likeness (QED) is 0.823. The fourth-order valence-electron chi connectivity index (χ4n) is 3.10. The van der Waals surface area contributed by atoms with Gasteiger partial charge >= 0.3 is 0 Å². The van der Waals surface area contributed by atoms with Gasteiger partial charge < -0.3 is 5.32 Å². The molecule has 1 saturated carbocycles. The molecule has 1 N–H and O–H groups in total. The number of rotatable bonds is 4. The first-order valence-corrected chi connectivity index (χ1v) is 7.11. The average molecular weight is 231 g/mol. The van der Waals surface area contributed by atoms with Gasteiger partial charge in [-0.15, -0.1) is 0 Å². The van der Waals surface area contributed by atoms with Crippen LogP contribution in [0.15, 0.2) is 24.3 Å². The maximum atomic E-state index is 3.53. The number of hydrogen-bond donors (Lipinski definition) is 1. The van der Waals surface area contributed by atoms with Crippen LogP contribution in [0.2, 0.25) is 0 Å². The molecule has 0 aliphatic heterocycles. The summed E-state index contributed by atoms with van der Waals surface area (Å²) < 4.78 is 0. The SMILES string of the molecule is CCc1ccc(C(NC)C2CCCCC2)cc1. The highest BCUT2D eigenvalue weighted by Gasteiger charge is 2.23. The minimum Gasteiger partial charge on any atom is -0.313 e. The van der Waals surface area contributed by atoms with Gasteiger partial charge in [0.25, 0.3) is 0 Å². The van der Waals surface area contributed by atoms with E-state index in [4.69, 9.17) is 0 Å². The van der Waals surface area contributed by atoms with E-state index in [9.17, 15) is 0 Å². The van der Waals surface area contributed by atoms with Crippen molar-refractivity contribution in [1.29, 1.82) is 0 Å². The van der Waals surface area contributed by atoms with Gasteiger partial charge in [-0.05, 0) is 43.4 Å². The van der Waals surface area contributed by atoms with Crippen molar-refractivity contribution in [3.05, 3.63) is 35.4 Å². The lowest BCUT2D eigenvalue weighted by atomic mass is 9.81. The summed E-state index contributed by atoms with van der Waals surface area (Å²) >= 11 is 0. The van der Waals surface area contributed by atoms with Gasteiger partial charge in [-0.1, -0.05) is 50.5 Å². The molecular weight excluding hydrogens is 206 g/mol. The number of nitrogens with one attached hydrogen (secondary N) is 1. The van der Waals surface area contributed by atoms with Crippen LogP contribution >= 0.6 is 0 Å². The van der Waals surface area contributed by atoms with Crippen LogP contribution < -0.4 is 5.32 Å². The van der Waals surface area contributed by atoms with E-state index >= 15 is 0 Å². The monoisotopic (exact) mass is 231 g/mol. The molecule has 1 aromatic carbocycles. The van der Waals surface area contributed by atoms with Crippen LogP contribution in [0.5, 0.6) is 0 Å². The van der Waals surface area contributed by atoms with E-state index in [-0.39, 0.29) is 0 Å². The van der Waals surface area contributed by atoms with E-state index in [0.29, 0.717) is 6.04 Å². The second-order valence-corrected chi connectivity index (χ2v) is 5.26. The summed E-state index contributed by atoms with van der Waals surface area (Å²) in [4.78, 5) is 0. The Hall–Kier alpha value is -0.820. The third kappa shape index (κ3) is 3.10. The van der Waals surface area contributed by atoms with Crippen LogP contribution in [-0.4, -0.2) is 7.05 Å². The smallest absolute Gasteiger partial charge is 0.0346 e. The average Bonchev–Trinajstić information content (AvgIpc) is 2.42. The Labute approximate surface area is 106 Å². The molecule has 0 bridgehead atoms. The highest BCUT2D eigenvalue weighted by atomic mass is 14.9. The molecule has 0 aromatic heterocycles. The van der Waals surface area contributed by atoms with Crippen LogP contribution in [0, 0.1) is 5.92 Å². The van der Waals surface area contributed by atoms with Gasteiger partial charge in [-0.25, -0.2) is 0 Å². The van der Waals surface area contributed by atoms with E-state index in [2.05, 4.69) is 43.6 Å². The summed E-state index contributed by atoms with van der Waals surface area (Å²) in [7, 11) is 2.10. The van der Waals surface area contributed by atoms with Crippen LogP contribution in [0.25, 0.3) is 0 Å². The maximum absolute atomic E-state index is 3.53. The van der Waals surface area contributed by atoms with Gasteiger partial charge in [0, 0.05) is 6.04 Å². The topological polar surface area (TPSA) is 12.0 Å². The zero-order valence-electron chi connectivity index (χ0n) is 11.2. The molecule has 0 spiro atoms. The van der Waals surface area contributed by atoms with Crippen molar-refractivity contribution in [3.8, 4) is 0 Å². The summed E-state index contributed by atoms with van der Waals surface area (Å²) in [5.74, 6) is 0.834.